The number of nitrogens with zero attached hydrogens (tertiary/aromatic N) is 6. The van der Waals surface area contributed by atoms with Gasteiger partial charge < -0.3 is 0 Å². The van der Waals surface area contributed by atoms with Gasteiger partial charge in [-0.05, 0) is 42.4 Å². The molecule has 2 aromatic heterocycles. The van der Waals surface area contributed by atoms with Crippen molar-refractivity contribution in [1.29, 1.82) is 0 Å². The quantitative estimate of drug-likeness (QED) is 0.806. The van der Waals surface area contributed by atoms with Crippen LogP contribution in [-0.2, 0) is 6.54 Å². The first kappa shape index (κ1) is 14.1. The molecule has 0 saturated heterocycles. The maximum atomic E-state index is 12.9. The predicted octanol–water partition coefficient (Wildman–Crippen LogP) is 1.96. The third-order valence-electron chi connectivity index (χ3n) is 4.08. The molecule has 0 unspecified atom stereocenters. The molecule has 0 spiro atoms. The molecular formula is C14H19FN6. The van der Waals surface area contributed by atoms with Gasteiger partial charge in [0, 0.05) is 6.04 Å². The summed E-state index contributed by atoms with van der Waals surface area (Å²) in [4.78, 5) is 5.95. The summed E-state index contributed by atoms with van der Waals surface area (Å²) in [5.41, 5.74) is 0.674. The summed E-state index contributed by atoms with van der Waals surface area (Å²) in [7, 11) is 2.11. The van der Waals surface area contributed by atoms with Crippen LogP contribution in [0.2, 0.25) is 0 Å². The molecule has 1 saturated carbocycles. The molecule has 2 heterocycles. The molecule has 21 heavy (non-hydrogen) atoms. The van der Waals surface area contributed by atoms with Gasteiger partial charge in [-0.25, -0.2) is 4.98 Å². The van der Waals surface area contributed by atoms with E-state index in [2.05, 4.69) is 32.5 Å². The number of hydrogen-bond donors (Lipinski definition) is 0. The zero-order valence-electron chi connectivity index (χ0n) is 12.1. The van der Waals surface area contributed by atoms with Crippen LogP contribution in [0.4, 0.5) is 4.39 Å². The van der Waals surface area contributed by atoms with Crippen molar-refractivity contribution >= 4 is 0 Å². The second-order valence-electron chi connectivity index (χ2n) is 5.55. The molecular weight excluding hydrogens is 271 g/mol. The Hall–Kier alpha value is -1.89. The lowest BCUT2D eigenvalue weighted by Gasteiger charge is -2.30. The highest BCUT2D eigenvalue weighted by molar-refractivity contribution is 5.27. The summed E-state index contributed by atoms with van der Waals surface area (Å²) in [6, 6.07) is 3.53. The molecule has 3 rings (SSSR count). The van der Waals surface area contributed by atoms with Gasteiger partial charge in [-0.1, -0.05) is 19.3 Å². The Morgan fingerprint density at radius 3 is 2.81 bits per heavy atom. The Morgan fingerprint density at radius 1 is 1.29 bits per heavy atom. The first-order chi connectivity index (χ1) is 10.2. The van der Waals surface area contributed by atoms with Gasteiger partial charge in [0.05, 0.1) is 18.4 Å². The molecule has 7 heteroatoms. The zero-order chi connectivity index (χ0) is 14.7. The van der Waals surface area contributed by atoms with E-state index in [1.807, 2.05) is 0 Å². The van der Waals surface area contributed by atoms with Gasteiger partial charge in [-0.15, -0.1) is 5.10 Å². The van der Waals surface area contributed by atoms with Crippen LogP contribution < -0.4 is 0 Å². The van der Waals surface area contributed by atoms with Crippen molar-refractivity contribution in [3.8, 4) is 5.69 Å². The second-order valence-corrected chi connectivity index (χ2v) is 5.55. The molecule has 0 bridgehead atoms. The number of hydrogen-bond acceptors (Lipinski definition) is 5. The Labute approximate surface area is 123 Å². The highest BCUT2D eigenvalue weighted by atomic mass is 19.1. The lowest BCUT2D eigenvalue weighted by molar-refractivity contribution is 0.179. The Balaban J connectivity index is 1.74. The average molecular weight is 290 g/mol. The summed E-state index contributed by atoms with van der Waals surface area (Å²) in [6.07, 6.45) is 7.83. The smallest absolute Gasteiger partial charge is 0.212 e. The van der Waals surface area contributed by atoms with E-state index in [0.29, 0.717) is 18.3 Å². The van der Waals surface area contributed by atoms with E-state index >= 15 is 0 Å². The molecule has 6 nitrogen and oxygen atoms in total. The van der Waals surface area contributed by atoms with Crippen molar-refractivity contribution in [2.24, 2.45) is 0 Å². The van der Waals surface area contributed by atoms with E-state index in [-0.39, 0.29) is 0 Å². The van der Waals surface area contributed by atoms with E-state index in [1.54, 1.807) is 10.7 Å². The molecule has 0 aliphatic heterocycles. The molecule has 0 aromatic carbocycles. The molecule has 0 N–H and O–H groups in total. The van der Waals surface area contributed by atoms with Crippen LogP contribution in [0.3, 0.4) is 0 Å². The molecule has 1 aliphatic carbocycles. The summed E-state index contributed by atoms with van der Waals surface area (Å²) >= 11 is 0. The van der Waals surface area contributed by atoms with Crippen LogP contribution in [0.25, 0.3) is 5.69 Å². The molecule has 112 valence electrons. The number of rotatable bonds is 4. The van der Waals surface area contributed by atoms with E-state index in [4.69, 9.17) is 0 Å². The summed E-state index contributed by atoms with van der Waals surface area (Å²) in [5, 5.41) is 11.8. The summed E-state index contributed by atoms with van der Waals surface area (Å²) in [6.45, 7) is 0.676. The number of halogens is 1. The standard InChI is InChI=1S/C14H19FN6/c1-20(11-5-3-2-4-6-11)10-14-17-18-19-21(14)12-7-8-13(15)16-9-12/h7-9,11H,2-6,10H2,1H3. The number of tetrazole rings is 1. The maximum absolute atomic E-state index is 12.9. The minimum absolute atomic E-state index is 0.507. The van der Waals surface area contributed by atoms with E-state index in [1.165, 1.54) is 44.4 Å². The Bertz CT molecular complexity index is 575. The van der Waals surface area contributed by atoms with Crippen molar-refractivity contribution in [2.45, 2.75) is 44.7 Å². The molecule has 0 radical (unpaired) electrons. The lowest BCUT2D eigenvalue weighted by Crippen LogP contribution is -2.33. The lowest BCUT2D eigenvalue weighted by atomic mass is 9.94. The first-order valence-electron chi connectivity index (χ1n) is 7.33. The fourth-order valence-electron chi connectivity index (χ4n) is 2.87. The van der Waals surface area contributed by atoms with Crippen LogP contribution in [0.5, 0.6) is 0 Å². The van der Waals surface area contributed by atoms with E-state index < -0.39 is 5.95 Å². The molecule has 1 fully saturated rings. The van der Waals surface area contributed by atoms with Crippen molar-refractivity contribution in [2.75, 3.05) is 7.05 Å². The number of aromatic nitrogens is 5. The zero-order valence-corrected chi connectivity index (χ0v) is 12.1. The van der Waals surface area contributed by atoms with Gasteiger partial charge in [0.25, 0.3) is 0 Å². The van der Waals surface area contributed by atoms with Gasteiger partial charge in [-0.3, -0.25) is 4.90 Å². The first-order valence-corrected chi connectivity index (χ1v) is 7.33. The highest BCUT2D eigenvalue weighted by Crippen LogP contribution is 2.22. The fourth-order valence-corrected chi connectivity index (χ4v) is 2.87. The highest BCUT2D eigenvalue weighted by Gasteiger charge is 2.20. The summed E-state index contributed by atoms with van der Waals surface area (Å²) < 4.78 is 14.5. The van der Waals surface area contributed by atoms with Gasteiger partial charge in [0.1, 0.15) is 0 Å². The van der Waals surface area contributed by atoms with Gasteiger partial charge in [0.2, 0.25) is 5.95 Å². The third kappa shape index (κ3) is 3.24. The molecule has 1 aliphatic rings. The monoisotopic (exact) mass is 290 g/mol. The minimum Gasteiger partial charge on any atom is -0.296 e. The van der Waals surface area contributed by atoms with Crippen molar-refractivity contribution in [1.82, 2.24) is 30.1 Å². The topological polar surface area (TPSA) is 59.7 Å². The van der Waals surface area contributed by atoms with Crippen molar-refractivity contribution < 1.29 is 4.39 Å². The van der Waals surface area contributed by atoms with Crippen molar-refractivity contribution in [3.63, 3.8) is 0 Å². The molecule has 2 aromatic rings. The SMILES string of the molecule is CN(Cc1nnnn1-c1ccc(F)nc1)C1CCCCC1. The molecule has 0 amide bonds. The average Bonchev–Trinajstić information content (AvgIpc) is 2.97. The van der Waals surface area contributed by atoms with E-state index in [0.717, 1.165) is 5.82 Å². The van der Waals surface area contributed by atoms with Crippen LogP contribution >= 0.6 is 0 Å². The number of pyridine rings is 1. The normalized spacial score (nSPS) is 16.5. The van der Waals surface area contributed by atoms with Crippen LogP contribution in [0, 0.1) is 5.95 Å². The predicted molar refractivity (Wildman–Crippen MR) is 75.2 cm³/mol. The van der Waals surface area contributed by atoms with Gasteiger partial charge in [-0.2, -0.15) is 9.07 Å². The molecule has 0 atom stereocenters. The largest absolute Gasteiger partial charge is 0.296 e. The summed E-state index contributed by atoms with van der Waals surface area (Å²) in [5.74, 6) is 0.240. The van der Waals surface area contributed by atoms with E-state index in [9.17, 15) is 4.39 Å². The fraction of sp³-hybridized carbons (Fsp3) is 0.571. The third-order valence-corrected chi connectivity index (χ3v) is 4.08. The second kappa shape index (κ2) is 6.26. The van der Waals surface area contributed by atoms with Crippen molar-refractivity contribution in [3.05, 3.63) is 30.1 Å². The van der Waals surface area contributed by atoms with Crippen LogP contribution in [0.1, 0.15) is 37.9 Å². The maximum Gasteiger partial charge on any atom is 0.212 e. The van der Waals surface area contributed by atoms with Crippen LogP contribution in [0.15, 0.2) is 18.3 Å². The Kier molecular flexibility index (Phi) is 4.19. The van der Waals surface area contributed by atoms with Gasteiger partial charge in [0.15, 0.2) is 5.82 Å². The minimum atomic E-state index is -0.507. The Morgan fingerprint density at radius 2 is 2.10 bits per heavy atom. The van der Waals surface area contributed by atoms with Crippen LogP contribution in [-0.4, -0.2) is 43.2 Å². The van der Waals surface area contributed by atoms with Gasteiger partial charge >= 0.3 is 0 Å².